The first-order valence-corrected chi connectivity index (χ1v) is 11.9. The third-order valence-electron chi connectivity index (χ3n) is 5.40. The molecule has 178 valence electrons. The zero-order valence-corrected chi connectivity index (χ0v) is 20.8. The van der Waals surface area contributed by atoms with E-state index in [1.807, 2.05) is 61.5 Å². The molecule has 0 spiro atoms. The molecule has 4 rings (SSSR count). The molecule has 2 aromatic carbocycles. The fourth-order valence-corrected chi connectivity index (χ4v) is 4.13. The van der Waals surface area contributed by atoms with Crippen LogP contribution < -0.4 is 15.5 Å². The zero-order valence-electron chi connectivity index (χ0n) is 20.0. The van der Waals surface area contributed by atoms with Crippen LogP contribution in [0.5, 0.6) is 0 Å². The van der Waals surface area contributed by atoms with Gasteiger partial charge < -0.3 is 15.5 Å². The molecule has 0 bridgehead atoms. The summed E-state index contributed by atoms with van der Waals surface area (Å²) in [7, 11) is 1.95. The molecule has 2 aromatic heterocycles. The summed E-state index contributed by atoms with van der Waals surface area (Å²) >= 11 is 1.31. The molecule has 0 saturated heterocycles. The van der Waals surface area contributed by atoms with Crippen molar-refractivity contribution in [3.05, 3.63) is 82.0 Å². The minimum atomic E-state index is 0.415. The lowest BCUT2D eigenvalue weighted by Gasteiger charge is -2.23. The second kappa shape index (κ2) is 11.1. The van der Waals surface area contributed by atoms with E-state index in [2.05, 4.69) is 31.3 Å². The summed E-state index contributed by atoms with van der Waals surface area (Å²) in [5.41, 5.74) is 6.92. The van der Waals surface area contributed by atoms with Crippen molar-refractivity contribution in [3.8, 4) is 12.1 Å². The Balaban J connectivity index is 1.69. The van der Waals surface area contributed by atoms with E-state index in [4.69, 9.17) is 15.5 Å². The van der Waals surface area contributed by atoms with Crippen LogP contribution in [0.15, 0.2) is 54.1 Å². The highest BCUT2D eigenvalue weighted by atomic mass is 32.1. The molecule has 9 nitrogen and oxygen atoms in total. The summed E-state index contributed by atoms with van der Waals surface area (Å²) < 4.78 is 3.95. The Bertz CT molecular complexity index is 1440. The van der Waals surface area contributed by atoms with Gasteiger partial charge >= 0.3 is 0 Å². The van der Waals surface area contributed by atoms with Crippen molar-refractivity contribution in [2.75, 3.05) is 22.6 Å². The SMILES string of the molecule is Cc1cc(C=CC#N)cc(C)c1Nc1nc(Nc2ccc(C#N)cc2)ncc1N(C)Cc1csnn1. The third-order valence-corrected chi connectivity index (χ3v) is 5.96. The molecule has 0 aliphatic rings. The van der Waals surface area contributed by atoms with Gasteiger partial charge in [-0.2, -0.15) is 15.5 Å². The fraction of sp³-hybridized carbons (Fsp3) is 0.154. The molecule has 10 heteroatoms. The summed E-state index contributed by atoms with van der Waals surface area (Å²) in [6, 6.07) is 15.3. The van der Waals surface area contributed by atoms with Crippen molar-refractivity contribution in [1.82, 2.24) is 19.6 Å². The molecule has 36 heavy (non-hydrogen) atoms. The van der Waals surface area contributed by atoms with Gasteiger partial charge in [-0.15, -0.1) is 5.10 Å². The molecule has 0 atom stereocenters. The number of aryl methyl sites for hydroxylation is 2. The highest BCUT2D eigenvalue weighted by Gasteiger charge is 2.16. The lowest BCUT2D eigenvalue weighted by Crippen LogP contribution is -2.19. The van der Waals surface area contributed by atoms with Crippen molar-refractivity contribution in [3.63, 3.8) is 0 Å². The second-order valence-electron chi connectivity index (χ2n) is 8.11. The quantitative estimate of drug-likeness (QED) is 0.307. The van der Waals surface area contributed by atoms with Crippen LogP contribution in [0.25, 0.3) is 6.08 Å². The third kappa shape index (κ3) is 5.81. The van der Waals surface area contributed by atoms with Crippen molar-refractivity contribution < 1.29 is 0 Å². The number of anilines is 5. The zero-order chi connectivity index (χ0) is 25.5. The summed E-state index contributed by atoms with van der Waals surface area (Å²) in [5, 5.41) is 30.7. The Hall–Kier alpha value is -4.80. The number of benzene rings is 2. The van der Waals surface area contributed by atoms with Gasteiger partial charge in [-0.05, 0) is 84.5 Å². The predicted molar refractivity (Wildman–Crippen MR) is 142 cm³/mol. The van der Waals surface area contributed by atoms with E-state index in [0.29, 0.717) is 23.9 Å². The predicted octanol–water partition coefficient (Wildman–Crippen LogP) is 5.48. The van der Waals surface area contributed by atoms with Crippen LogP contribution in [0.2, 0.25) is 0 Å². The Morgan fingerprint density at radius 3 is 2.47 bits per heavy atom. The van der Waals surface area contributed by atoms with Crippen LogP contribution in [0.1, 0.15) is 27.9 Å². The Morgan fingerprint density at radius 1 is 1.08 bits per heavy atom. The maximum Gasteiger partial charge on any atom is 0.229 e. The second-order valence-corrected chi connectivity index (χ2v) is 8.72. The maximum absolute atomic E-state index is 9.04. The van der Waals surface area contributed by atoms with Crippen LogP contribution in [0.4, 0.5) is 28.8 Å². The number of nitrogens with zero attached hydrogens (tertiary/aromatic N) is 7. The molecule has 0 unspecified atom stereocenters. The first kappa shape index (κ1) is 24.3. The van der Waals surface area contributed by atoms with E-state index in [0.717, 1.165) is 39.4 Å². The Morgan fingerprint density at radius 2 is 1.83 bits per heavy atom. The minimum absolute atomic E-state index is 0.415. The number of allylic oxidation sites excluding steroid dienone is 1. The van der Waals surface area contributed by atoms with E-state index >= 15 is 0 Å². The highest BCUT2D eigenvalue weighted by molar-refractivity contribution is 7.03. The molecule has 2 heterocycles. The largest absolute Gasteiger partial charge is 0.364 e. The first-order valence-electron chi connectivity index (χ1n) is 11.0. The van der Waals surface area contributed by atoms with Gasteiger partial charge in [-0.1, -0.05) is 4.49 Å². The van der Waals surface area contributed by atoms with Crippen LogP contribution in [-0.4, -0.2) is 26.6 Å². The molecule has 0 radical (unpaired) electrons. The molecule has 0 fully saturated rings. The topological polar surface area (TPSA) is 126 Å². The number of aromatic nitrogens is 4. The molecule has 0 saturated carbocycles. The van der Waals surface area contributed by atoms with Crippen molar-refractivity contribution in [2.45, 2.75) is 20.4 Å². The Labute approximate surface area is 213 Å². The lowest BCUT2D eigenvalue weighted by molar-refractivity contribution is 0.866. The summed E-state index contributed by atoms with van der Waals surface area (Å²) in [4.78, 5) is 11.3. The fourth-order valence-electron chi connectivity index (χ4n) is 3.69. The lowest BCUT2D eigenvalue weighted by atomic mass is 10.0. The highest BCUT2D eigenvalue weighted by Crippen LogP contribution is 2.32. The molecular formula is C26H23N9S. The molecule has 2 N–H and O–H groups in total. The summed E-state index contributed by atoms with van der Waals surface area (Å²) in [6.45, 7) is 4.58. The van der Waals surface area contributed by atoms with Crippen LogP contribution in [0.3, 0.4) is 0 Å². The first-order chi connectivity index (χ1) is 17.5. The number of nitriles is 2. The van der Waals surface area contributed by atoms with Gasteiger partial charge in [0.2, 0.25) is 5.95 Å². The number of rotatable bonds is 8. The Kier molecular flexibility index (Phi) is 7.49. The molecule has 0 amide bonds. The van der Waals surface area contributed by atoms with Crippen molar-refractivity contribution in [1.29, 1.82) is 10.5 Å². The smallest absolute Gasteiger partial charge is 0.229 e. The van der Waals surface area contributed by atoms with Gasteiger partial charge in [0, 0.05) is 29.9 Å². The van der Waals surface area contributed by atoms with Crippen LogP contribution >= 0.6 is 11.5 Å². The average Bonchev–Trinajstić information content (AvgIpc) is 3.38. The van der Waals surface area contributed by atoms with E-state index in [-0.39, 0.29) is 0 Å². The summed E-state index contributed by atoms with van der Waals surface area (Å²) in [5.74, 6) is 1.04. The van der Waals surface area contributed by atoms with Crippen LogP contribution in [-0.2, 0) is 6.54 Å². The molecule has 0 aliphatic carbocycles. The van der Waals surface area contributed by atoms with E-state index in [1.165, 1.54) is 17.6 Å². The molecule has 4 aromatic rings. The standard InChI is InChI=1S/C26H23N9S/c1-17-11-20(5-4-10-27)12-18(2)24(17)31-25-23(35(3)15-22-16-36-34-33-22)14-29-26(32-25)30-21-8-6-19(13-28)7-9-21/h4-9,11-12,14,16H,15H2,1-3H3,(H2,29,30,31,32). The number of hydrogen-bond acceptors (Lipinski definition) is 10. The van der Waals surface area contributed by atoms with Gasteiger partial charge in [0.05, 0.1) is 41.8 Å². The molecular weight excluding hydrogens is 470 g/mol. The van der Waals surface area contributed by atoms with E-state index in [1.54, 1.807) is 24.4 Å². The monoisotopic (exact) mass is 493 g/mol. The maximum atomic E-state index is 9.04. The summed E-state index contributed by atoms with van der Waals surface area (Å²) in [6.07, 6.45) is 5.01. The van der Waals surface area contributed by atoms with E-state index < -0.39 is 0 Å². The number of nitrogens with one attached hydrogen (secondary N) is 2. The number of hydrogen-bond donors (Lipinski definition) is 2. The van der Waals surface area contributed by atoms with Gasteiger partial charge in [0.15, 0.2) is 5.82 Å². The molecule has 0 aliphatic heterocycles. The average molecular weight is 494 g/mol. The van der Waals surface area contributed by atoms with Crippen molar-refractivity contribution in [2.24, 2.45) is 0 Å². The van der Waals surface area contributed by atoms with Crippen LogP contribution in [0, 0.1) is 36.5 Å². The van der Waals surface area contributed by atoms with Crippen molar-refractivity contribution >= 4 is 46.4 Å². The normalized spacial score (nSPS) is 10.6. The van der Waals surface area contributed by atoms with Gasteiger partial charge in [-0.3, -0.25) is 0 Å². The van der Waals surface area contributed by atoms with Gasteiger partial charge in [0.1, 0.15) is 0 Å². The van der Waals surface area contributed by atoms with E-state index in [9.17, 15) is 0 Å². The van der Waals surface area contributed by atoms with Gasteiger partial charge in [0.25, 0.3) is 0 Å². The minimum Gasteiger partial charge on any atom is -0.364 e. The van der Waals surface area contributed by atoms with Gasteiger partial charge in [-0.25, -0.2) is 4.98 Å².